The normalized spacial score (nSPS) is 48.6. The first-order chi connectivity index (χ1) is 10.1. The van der Waals surface area contributed by atoms with Crippen molar-refractivity contribution in [2.75, 3.05) is 21.3 Å². The molecule has 2 rings (SSSR count). The van der Waals surface area contributed by atoms with Gasteiger partial charge >= 0.3 is 5.97 Å². The summed E-state index contributed by atoms with van der Waals surface area (Å²) < 4.78 is 27.7. The zero-order valence-corrected chi connectivity index (χ0v) is 15.6. The van der Waals surface area contributed by atoms with Crippen LogP contribution in [-0.2, 0) is 28.5 Å². The molecule has 6 atom stereocenters. The van der Waals surface area contributed by atoms with Crippen molar-refractivity contribution in [3.8, 4) is 0 Å². The average molecular weight is 430 g/mol. The Morgan fingerprint density at radius 2 is 1.68 bits per heavy atom. The van der Waals surface area contributed by atoms with E-state index in [2.05, 4.69) is 22.6 Å². The van der Waals surface area contributed by atoms with E-state index in [-0.39, 0.29) is 22.9 Å². The van der Waals surface area contributed by atoms with Gasteiger partial charge in [0.15, 0.2) is 5.60 Å². The minimum Gasteiger partial charge on any atom is -0.467 e. The molecule has 2 fully saturated rings. The topological polar surface area (TPSA) is 83.5 Å². The van der Waals surface area contributed by atoms with E-state index in [4.69, 9.17) is 23.7 Å². The Morgan fingerprint density at radius 3 is 2.18 bits per heavy atom. The molecule has 0 aromatic carbocycles. The van der Waals surface area contributed by atoms with E-state index in [1.54, 1.807) is 13.8 Å². The van der Waals surface area contributed by atoms with E-state index in [0.717, 1.165) is 0 Å². The maximum atomic E-state index is 11.9. The second-order valence-corrected chi connectivity index (χ2v) is 7.59. The van der Waals surface area contributed by atoms with Gasteiger partial charge in [0.25, 0.3) is 0 Å². The van der Waals surface area contributed by atoms with Crippen LogP contribution in [0.25, 0.3) is 0 Å². The summed E-state index contributed by atoms with van der Waals surface area (Å²) in [4.78, 5) is 11.9. The van der Waals surface area contributed by atoms with Crippen LogP contribution in [0.5, 0.6) is 0 Å². The number of esters is 1. The Labute approximate surface area is 143 Å². The summed E-state index contributed by atoms with van der Waals surface area (Å²) in [5.74, 6) is -2.91. The van der Waals surface area contributed by atoms with Crippen LogP contribution in [0.2, 0.25) is 0 Å². The molecular formula is C14H23IO7. The van der Waals surface area contributed by atoms with Crippen molar-refractivity contribution in [1.82, 2.24) is 0 Å². The van der Waals surface area contributed by atoms with Gasteiger partial charge in [-0.3, -0.25) is 0 Å². The summed E-state index contributed by atoms with van der Waals surface area (Å²) in [5, 5.41) is 10.6. The summed E-state index contributed by atoms with van der Waals surface area (Å²) in [6.45, 7) is 3.46. The van der Waals surface area contributed by atoms with Gasteiger partial charge in [0, 0.05) is 31.0 Å². The molecule has 0 bridgehead atoms. The largest absolute Gasteiger partial charge is 0.467 e. The summed E-state index contributed by atoms with van der Waals surface area (Å²) in [5.41, 5.74) is -1.58. The number of alkyl halides is 1. The van der Waals surface area contributed by atoms with Gasteiger partial charge in [-0.05, 0) is 13.8 Å². The van der Waals surface area contributed by atoms with E-state index < -0.39 is 29.2 Å². The summed E-state index contributed by atoms with van der Waals surface area (Å²) in [6.07, 6.45) is -0.511. The Morgan fingerprint density at radius 1 is 1.14 bits per heavy atom. The Hall–Kier alpha value is -0.0000000000000000971. The molecule has 1 saturated heterocycles. The van der Waals surface area contributed by atoms with Crippen LogP contribution in [0.3, 0.4) is 0 Å². The fourth-order valence-corrected chi connectivity index (χ4v) is 4.39. The first-order valence-corrected chi connectivity index (χ1v) is 8.30. The second-order valence-electron chi connectivity index (χ2n) is 5.99. The zero-order valence-electron chi connectivity index (χ0n) is 13.4. The molecule has 0 spiro atoms. The predicted octanol–water partition coefficient (Wildman–Crippen LogP) is 0.997. The third-order valence-electron chi connectivity index (χ3n) is 4.70. The smallest absolute Gasteiger partial charge is 0.337 e. The van der Waals surface area contributed by atoms with E-state index in [1.807, 2.05) is 0 Å². The number of rotatable bonds is 3. The summed E-state index contributed by atoms with van der Waals surface area (Å²) in [6, 6.07) is 0. The lowest BCUT2D eigenvalue weighted by molar-refractivity contribution is -0.452. The molecule has 8 heteroatoms. The van der Waals surface area contributed by atoms with Gasteiger partial charge in [-0.15, -0.1) is 0 Å². The van der Waals surface area contributed by atoms with Crippen LogP contribution >= 0.6 is 22.6 Å². The fourth-order valence-electron chi connectivity index (χ4n) is 3.05. The van der Waals surface area contributed by atoms with Crippen LogP contribution in [0.1, 0.15) is 26.7 Å². The van der Waals surface area contributed by atoms with Crippen molar-refractivity contribution in [2.24, 2.45) is 0 Å². The van der Waals surface area contributed by atoms with Crippen LogP contribution < -0.4 is 0 Å². The van der Waals surface area contributed by atoms with Gasteiger partial charge in [-0.1, -0.05) is 22.6 Å². The number of hydrogen-bond donors (Lipinski definition) is 1. The first kappa shape index (κ1) is 18.3. The molecule has 0 aromatic rings. The van der Waals surface area contributed by atoms with Gasteiger partial charge in [0.05, 0.1) is 19.3 Å². The van der Waals surface area contributed by atoms with E-state index in [0.29, 0.717) is 0 Å². The Kier molecular flexibility index (Phi) is 5.12. The molecule has 7 nitrogen and oxygen atoms in total. The van der Waals surface area contributed by atoms with Crippen molar-refractivity contribution in [3.63, 3.8) is 0 Å². The van der Waals surface area contributed by atoms with Crippen molar-refractivity contribution in [2.45, 2.75) is 60.0 Å². The molecule has 0 aromatic heterocycles. The van der Waals surface area contributed by atoms with Gasteiger partial charge < -0.3 is 28.8 Å². The number of carbonyl (C=O) groups is 1. The molecular weight excluding hydrogens is 407 g/mol. The number of methoxy groups -OCH3 is 3. The van der Waals surface area contributed by atoms with Crippen LogP contribution in [0.4, 0.5) is 0 Å². The second kappa shape index (κ2) is 6.14. The molecule has 1 heterocycles. The quantitative estimate of drug-likeness (QED) is 0.406. The minimum atomic E-state index is -1.58. The van der Waals surface area contributed by atoms with Crippen LogP contribution in [0, 0.1) is 0 Å². The fraction of sp³-hybridized carbons (Fsp3) is 0.929. The van der Waals surface area contributed by atoms with Crippen molar-refractivity contribution in [1.29, 1.82) is 0 Å². The number of aliphatic hydroxyl groups is 1. The molecule has 2 aliphatic rings. The average Bonchev–Trinajstić information content (AvgIpc) is 2.48. The van der Waals surface area contributed by atoms with Crippen molar-refractivity contribution in [3.05, 3.63) is 0 Å². The number of hydrogen-bond acceptors (Lipinski definition) is 7. The van der Waals surface area contributed by atoms with Crippen molar-refractivity contribution < 1.29 is 33.6 Å². The summed E-state index contributed by atoms with van der Waals surface area (Å²) in [7, 11) is 4.28. The molecule has 1 N–H and O–H groups in total. The number of ether oxygens (including phenoxy) is 5. The highest BCUT2D eigenvalue weighted by molar-refractivity contribution is 14.1. The number of halogens is 1. The third kappa shape index (κ3) is 2.78. The zero-order chi connectivity index (χ0) is 16.8. The van der Waals surface area contributed by atoms with Gasteiger partial charge in [-0.25, -0.2) is 4.79 Å². The molecule has 22 heavy (non-hydrogen) atoms. The molecule has 0 unspecified atom stereocenters. The van der Waals surface area contributed by atoms with Gasteiger partial charge in [-0.2, -0.15) is 0 Å². The van der Waals surface area contributed by atoms with E-state index >= 15 is 0 Å². The minimum absolute atomic E-state index is 0.0859. The lowest BCUT2D eigenvalue weighted by Crippen LogP contribution is -2.69. The number of fused-ring (bicyclic) bond motifs is 1. The predicted molar refractivity (Wildman–Crippen MR) is 84.6 cm³/mol. The maximum absolute atomic E-state index is 11.9. The SMILES string of the molecule is COC(=O)[C@]1(O)C[C@H](I)[C@H]2O[C@](C)(OC)[C@@](C)(OC)O[C@@H]2C1. The maximum Gasteiger partial charge on any atom is 0.337 e. The van der Waals surface area contributed by atoms with Gasteiger partial charge in [0.1, 0.15) is 0 Å². The molecule has 1 saturated carbocycles. The van der Waals surface area contributed by atoms with E-state index in [1.165, 1.54) is 21.3 Å². The first-order valence-electron chi connectivity index (χ1n) is 7.05. The highest BCUT2D eigenvalue weighted by Gasteiger charge is 2.62. The van der Waals surface area contributed by atoms with Gasteiger partial charge in [0.2, 0.25) is 11.6 Å². The lowest BCUT2D eigenvalue weighted by Gasteiger charge is -2.55. The Balaban J connectivity index is 2.30. The molecule has 1 aliphatic carbocycles. The summed E-state index contributed by atoms with van der Waals surface area (Å²) >= 11 is 2.15. The van der Waals surface area contributed by atoms with Crippen LogP contribution in [-0.4, -0.2) is 65.7 Å². The third-order valence-corrected chi connectivity index (χ3v) is 5.85. The highest BCUT2D eigenvalue weighted by Crippen LogP contribution is 2.47. The molecule has 0 amide bonds. The number of carbonyl (C=O) groups excluding carboxylic acids is 1. The van der Waals surface area contributed by atoms with Crippen LogP contribution in [0.15, 0.2) is 0 Å². The monoisotopic (exact) mass is 430 g/mol. The molecule has 0 radical (unpaired) electrons. The highest BCUT2D eigenvalue weighted by atomic mass is 127. The van der Waals surface area contributed by atoms with E-state index in [9.17, 15) is 9.90 Å². The standard InChI is InChI=1S/C14H23IO7/c1-12(19-4)13(2,20-5)22-10-8(15)6-14(17,11(16)18-3)7-9(10)21-12/h8-10,17H,6-7H2,1-5H3/t8-,9+,10+,12-,13-,14-/m0/s1. The lowest BCUT2D eigenvalue weighted by atomic mass is 9.80. The Bertz CT molecular complexity index is 447. The van der Waals surface area contributed by atoms with Crippen molar-refractivity contribution >= 4 is 28.6 Å². The molecule has 1 aliphatic heterocycles. The molecule has 128 valence electrons.